The van der Waals surface area contributed by atoms with E-state index in [0.717, 1.165) is 11.1 Å². The number of hydrogen-bond acceptors (Lipinski definition) is 5. The van der Waals surface area contributed by atoms with E-state index < -0.39 is 5.97 Å². The molecule has 0 saturated heterocycles. The van der Waals surface area contributed by atoms with Crippen molar-refractivity contribution in [3.8, 4) is 11.3 Å². The van der Waals surface area contributed by atoms with E-state index in [9.17, 15) is 14.7 Å². The molecule has 0 fully saturated rings. The Morgan fingerprint density at radius 1 is 0.912 bits per heavy atom. The molecule has 1 amide bonds. The van der Waals surface area contributed by atoms with Gasteiger partial charge in [-0.05, 0) is 42.3 Å². The van der Waals surface area contributed by atoms with Gasteiger partial charge < -0.3 is 15.2 Å². The van der Waals surface area contributed by atoms with Crippen molar-refractivity contribution in [2.45, 2.75) is 20.1 Å². The number of anilines is 1. The fraction of sp³-hybridized carbons (Fsp3) is 0.111. The lowest BCUT2D eigenvalue weighted by molar-refractivity contribution is 0.0689. The number of amides is 1. The summed E-state index contributed by atoms with van der Waals surface area (Å²) in [4.78, 5) is 32.4. The van der Waals surface area contributed by atoms with E-state index in [0.29, 0.717) is 41.4 Å². The number of carboxylic acid groups (broad SMARTS) is 1. The SMILES string of the molecule is Cc1ncc(-c2cccc(C(=O)Nc3ccc(COCc4ccccc4)cc3)c2)nc1C(=O)O. The number of hydrogen-bond donors (Lipinski definition) is 2. The highest BCUT2D eigenvalue weighted by molar-refractivity contribution is 6.04. The third kappa shape index (κ3) is 5.70. The Labute approximate surface area is 197 Å². The van der Waals surface area contributed by atoms with Gasteiger partial charge in [0.05, 0.1) is 30.8 Å². The molecule has 0 atom stereocenters. The molecule has 0 aliphatic rings. The summed E-state index contributed by atoms with van der Waals surface area (Å²) < 4.78 is 5.75. The molecule has 4 aromatic rings. The quantitative estimate of drug-likeness (QED) is 0.384. The zero-order valence-electron chi connectivity index (χ0n) is 18.6. The highest BCUT2D eigenvalue weighted by atomic mass is 16.5. The summed E-state index contributed by atoms with van der Waals surface area (Å²) in [6.07, 6.45) is 1.50. The Hall–Kier alpha value is -4.36. The number of carbonyl (C=O) groups is 2. The number of ether oxygens (including phenoxy) is 1. The fourth-order valence-corrected chi connectivity index (χ4v) is 3.36. The van der Waals surface area contributed by atoms with Crippen LogP contribution in [0.4, 0.5) is 5.69 Å². The molecular formula is C27H23N3O4. The molecule has 0 aliphatic heterocycles. The smallest absolute Gasteiger partial charge is 0.356 e. The van der Waals surface area contributed by atoms with Gasteiger partial charge in [-0.15, -0.1) is 0 Å². The van der Waals surface area contributed by atoms with Gasteiger partial charge in [0.15, 0.2) is 5.69 Å². The van der Waals surface area contributed by atoms with Gasteiger partial charge in [0.1, 0.15) is 0 Å². The van der Waals surface area contributed by atoms with E-state index in [1.807, 2.05) is 54.6 Å². The van der Waals surface area contributed by atoms with E-state index in [4.69, 9.17) is 4.74 Å². The number of nitrogens with zero attached hydrogens (tertiary/aromatic N) is 2. The van der Waals surface area contributed by atoms with Crippen molar-refractivity contribution in [3.05, 3.63) is 113 Å². The van der Waals surface area contributed by atoms with E-state index in [2.05, 4.69) is 15.3 Å². The summed E-state index contributed by atoms with van der Waals surface area (Å²) in [5.41, 5.74) is 4.41. The van der Waals surface area contributed by atoms with Gasteiger partial charge in [-0.3, -0.25) is 9.78 Å². The molecule has 1 heterocycles. The van der Waals surface area contributed by atoms with Crippen molar-refractivity contribution in [1.82, 2.24) is 9.97 Å². The second-order valence-corrected chi connectivity index (χ2v) is 7.70. The van der Waals surface area contributed by atoms with Crippen molar-refractivity contribution in [1.29, 1.82) is 0 Å². The Morgan fingerprint density at radius 2 is 1.62 bits per heavy atom. The van der Waals surface area contributed by atoms with Gasteiger partial charge in [-0.25, -0.2) is 9.78 Å². The largest absolute Gasteiger partial charge is 0.476 e. The van der Waals surface area contributed by atoms with Crippen LogP contribution in [-0.2, 0) is 18.0 Å². The number of aromatic carboxylic acids is 1. The first kappa shape index (κ1) is 22.8. The predicted octanol–water partition coefficient (Wildman–Crippen LogP) is 5.12. The molecule has 34 heavy (non-hydrogen) atoms. The van der Waals surface area contributed by atoms with Crippen LogP contribution in [0, 0.1) is 6.92 Å². The van der Waals surface area contributed by atoms with E-state index >= 15 is 0 Å². The van der Waals surface area contributed by atoms with Gasteiger partial charge in [0.2, 0.25) is 0 Å². The summed E-state index contributed by atoms with van der Waals surface area (Å²) in [6.45, 7) is 2.60. The lowest BCUT2D eigenvalue weighted by Crippen LogP contribution is -2.12. The summed E-state index contributed by atoms with van der Waals surface area (Å²) in [7, 11) is 0. The summed E-state index contributed by atoms with van der Waals surface area (Å²) >= 11 is 0. The molecule has 1 aromatic heterocycles. The average Bonchev–Trinajstić information content (AvgIpc) is 2.86. The second-order valence-electron chi connectivity index (χ2n) is 7.70. The zero-order valence-corrected chi connectivity index (χ0v) is 18.6. The van der Waals surface area contributed by atoms with E-state index in [1.165, 1.54) is 6.20 Å². The third-order valence-corrected chi connectivity index (χ3v) is 5.17. The molecule has 2 N–H and O–H groups in total. The predicted molar refractivity (Wildman–Crippen MR) is 128 cm³/mol. The van der Waals surface area contributed by atoms with Crippen LogP contribution in [0.3, 0.4) is 0 Å². The zero-order chi connectivity index (χ0) is 23.9. The van der Waals surface area contributed by atoms with Gasteiger partial charge in [-0.1, -0.05) is 54.6 Å². The summed E-state index contributed by atoms with van der Waals surface area (Å²) in [5.74, 6) is -1.43. The van der Waals surface area contributed by atoms with Gasteiger partial charge >= 0.3 is 5.97 Å². The highest BCUT2D eigenvalue weighted by Gasteiger charge is 2.14. The average molecular weight is 453 g/mol. The number of carbonyl (C=O) groups excluding carboxylic acids is 1. The molecule has 0 spiro atoms. The number of nitrogens with one attached hydrogen (secondary N) is 1. The van der Waals surface area contributed by atoms with Crippen molar-refractivity contribution < 1.29 is 19.4 Å². The first-order chi connectivity index (χ1) is 16.5. The Balaban J connectivity index is 1.39. The molecular weight excluding hydrogens is 430 g/mol. The Morgan fingerprint density at radius 3 is 2.32 bits per heavy atom. The lowest BCUT2D eigenvalue weighted by Gasteiger charge is -2.09. The molecule has 0 saturated carbocycles. The molecule has 0 aliphatic carbocycles. The normalized spacial score (nSPS) is 10.6. The monoisotopic (exact) mass is 453 g/mol. The van der Waals surface area contributed by atoms with Crippen LogP contribution in [0.15, 0.2) is 85.1 Å². The molecule has 0 unspecified atom stereocenters. The minimum Gasteiger partial charge on any atom is -0.476 e. The number of aryl methyl sites for hydroxylation is 1. The van der Waals surface area contributed by atoms with Crippen molar-refractivity contribution in [2.24, 2.45) is 0 Å². The maximum Gasteiger partial charge on any atom is 0.356 e. The van der Waals surface area contributed by atoms with E-state index in [1.54, 1.807) is 31.2 Å². The van der Waals surface area contributed by atoms with Crippen LogP contribution < -0.4 is 5.32 Å². The number of aromatic nitrogens is 2. The lowest BCUT2D eigenvalue weighted by atomic mass is 10.1. The maximum atomic E-state index is 12.8. The van der Waals surface area contributed by atoms with E-state index in [-0.39, 0.29) is 11.6 Å². The topological polar surface area (TPSA) is 101 Å². The van der Waals surface area contributed by atoms with Crippen LogP contribution >= 0.6 is 0 Å². The fourth-order valence-electron chi connectivity index (χ4n) is 3.36. The van der Waals surface area contributed by atoms with Gasteiger partial charge in [0, 0.05) is 16.8 Å². The summed E-state index contributed by atoms with van der Waals surface area (Å²) in [5, 5.41) is 12.2. The van der Waals surface area contributed by atoms with Gasteiger partial charge in [-0.2, -0.15) is 0 Å². The third-order valence-electron chi connectivity index (χ3n) is 5.17. The second kappa shape index (κ2) is 10.5. The minimum absolute atomic E-state index is 0.111. The Bertz CT molecular complexity index is 1310. The molecule has 0 radical (unpaired) electrons. The Kier molecular flexibility index (Phi) is 7.05. The van der Waals surface area contributed by atoms with Crippen LogP contribution in [0.25, 0.3) is 11.3 Å². The van der Waals surface area contributed by atoms with Crippen LogP contribution in [-0.4, -0.2) is 27.0 Å². The molecule has 7 nitrogen and oxygen atoms in total. The molecule has 0 bridgehead atoms. The number of carboxylic acids is 1. The van der Waals surface area contributed by atoms with Crippen LogP contribution in [0.1, 0.15) is 37.7 Å². The molecule has 7 heteroatoms. The van der Waals surface area contributed by atoms with Crippen molar-refractivity contribution in [2.75, 3.05) is 5.32 Å². The number of rotatable bonds is 8. The molecule has 4 rings (SSSR count). The molecule has 3 aromatic carbocycles. The molecule has 170 valence electrons. The first-order valence-electron chi connectivity index (χ1n) is 10.7. The van der Waals surface area contributed by atoms with Crippen LogP contribution in [0.5, 0.6) is 0 Å². The minimum atomic E-state index is -1.14. The van der Waals surface area contributed by atoms with Crippen molar-refractivity contribution in [3.63, 3.8) is 0 Å². The highest BCUT2D eigenvalue weighted by Crippen LogP contribution is 2.20. The van der Waals surface area contributed by atoms with Crippen molar-refractivity contribution >= 4 is 17.6 Å². The van der Waals surface area contributed by atoms with Crippen LogP contribution in [0.2, 0.25) is 0 Å². The van der Waals surface area contributed by atoms with Gasteiger partial charge in [0.25, 0.3) is 5.91 Å². The summed E-state index contributed by atoms with van der Waals surface area (Å²) in [6, 6.07) is 24.3. The first-order valence-corrected chi connectivity index (χ1v) is 10.7. The standard InChI is InChI=1S/C27H23N3O4/c1-18-25(27(32)33)30-24(15-28-18)21-8-5-9-22(14-21)26(31)29-23-12-10-20(11-13-23)17-34-16-19-6-3-2-4-7-19/h2-15H,16-17H2,1H3,(H,29,31)(H,32,33). The number of benzene rings is 3. The maximum absolute atomic E-state index is 12.8.